The molecular weight excluding hydrogens is 757 g/mol. The number of unbranched alkanes of at least 4 members (excludes halogenated alkanes) is 27. The fourth-order valence-corrected chi connectivity index (χ4v) is 7.05. The molecule has 0 radical (unpaired) electrons. The second kappa shape index (κ2) is 49.8. The van der Waals surface area contributed by atoms with Crippen LogP contribution in [0.2, 0.25) is 0 Å². The molecule has 0 bridgehead atoms. The van der Waals surface area contributed by atoms with E-state index in [1.54, 1.807) is 0 Å². The summed E-state index contributed by atoms with van der Waals surface area (Å²) in [5.41, 5.74) is 0. The molecule has 0 aromatic heterocycles. The molecule has 0 rings (SSSR count). The van der Waals surface area contributed by atoms with Crippen molar-refractivity contribution >= 4 is 17.9 Å². The predicted octanol–water partition coefficient (Wildman–Crippen LogP) is 16.9. The van der Waals surface area contributed by atoms with Crippen LogP contribution in [-0.2, 0) is 28.6 Å². The molecule has 0 saturated heterocycles. The van der Waals surface area contributed by atoms with Gasteiger partial charge in [0.25, 0.3) is 0 Å². The van der Waals surface area contributed by atoms with Crippen molar-refractivity contribution in [1.82, 2.24) is 0 Å². The molecule has 0 amide bonds. The molecule has 6 heteroatoms. The average Bonchev–Trinajstić information content (AvgIpc) is 3.26. The van der Waals surface area contributed by atoms with Crippen LogP contribution < -0.4 is 0 Å². The quantitative estimate of drug-likeness (QED) is 0.0200. The lowest BCUT2D eigenvalue weighted by atomic mass is 10.1. The van der Waals surface area contributed by atoms with E-state index in [-0.39, 0.29) is 31.1 Å². The number of esters is 3. The Morgan fingerprint density at radius 3 is 0.984 bits per heavy atom. The van der Waals surface area contributed by atoms with E-state index in [1.165, 1.54) is 116 Å². The van der Waals surface area contributed by atoms with Crippen molar-refractivity contribution in [3.8, 4) is 0 Å². The minimum absolute atomic E-state index is 0.0979. The molecule has 0 N–H and O–H groups in total. The summed E-state index contributed by atoms with van der Waals surface area (Å²) >= 11 is 0. The smallest absolute Gasteiger partial charge is 0.306 e. The van der Waals surface area contributed by atoms with Crippen LogP contribution in [0, 0.1) is 0 Å². The summed E-state index contributed by atoms with van der Waals surface area (Å²) in [5, 5.41) is 0. The summed E-state index contributed by atoms with van der Waals surface area (Å²) in [5.74, 6) is -0.958. The molecule has 0 saturated carbocycles. The van der Waals surface area contributed by atoms with Gasteiger partial charge in [-0.3, -0.25) is 14.4 Å². The molecule has 1 atom stereocenters. The van der Waals surface area contributed by atoms with Gasteiger partial charge in [0, 0.05) is 19.3 Å². The van der Waals surface area contributed by atoms with Gasteiger partial charge in [-0.2, -0.15) is 0 Å². The molecule has 0 fully saturated rings. The highest BCUT2D eigenvalue weighted by molar-refractivity contribution is 5.71. The average molecular weight is 853 g/mol. The highest BCUT2D eigenvalue weighted by Crippen LogP contribution is 2.13. The zero-order valence-corrected chi connectivity index (χ0v) is 40.2. The first-order valence-corrected chi connectivity index (χ1v) is 25.8. The topological polar surface area (TPSA) is 78.9 Å². The number of carbonyl (C=O) groups is 3. The van der Waals surface area contributed by atoms with Crippen molar-refractivity contribution in [2.45, 2.75) is 258 Å². The van der Waals surface area contributed by atoms with Gasteiger partial charge in [-0.05, 0) is 89.9 Å². The third kappa shape index (κ3) is 48.0. The molecule has 0 heterocycles. The maximum atomic E-state index is 12.8. The van der Waals surface area contributed by atoms with Crippen molar-refractivity contribution in [1.29, 1.82) is 0 Å². The van der Waals surface area contributed by atoms with Crippen molar-refractivity contribution in [2.24, 2.45) is 0 Å². The van der Waals surface area contributed by atoms with E-state index in [0.717, 1.165) is 96.3 Å². The maximum absolute atomic E-state index is 12.8. The van der Waals surface area contributed by atoms with Gasteiger partial charge >= 0.3 is 17.9 Å². The lowest BCUT2D eigenvalue weighted by Gasteiger charge is -2.18. The van der Waals surface area contributed by atoms with Crippen molar-refractivity contribution in [3.63, 3.8) is 0 Å². The van der Waals surface area contributed by atoms with Crippen LogP contribution in [0.25, 0.3) is 0 Å². The minimum atomic E-state index is -0.800. The largest absolute Gasteiger partial charge is 0.462 e. The highest BCUT2D eigenvalue weighted by atomic mass is 16.6. The summed E-state index contributed by atoms with van der Waals surface area (Å²) in [4.78, 5) is 37.9. The number of ether oxygens (including phenoxy) is 3. The molecule has 0 aromatic carbocycles. The summed E-state index contributed by atoms with van der Waals surface area (Å²) in [6.07, 6.45) is 60.6. The van der Waals surface area contributed by atoms with Crippen LogP contribution in [0.15, 0.2) is 60.8 Å². The summed E-state index contributed by atoms with van der Waals surface area (Å²) in [7, 11) is 0. The number of allylic oxidation sites excluding steroid dienone is 10. The number of rotatable bonds is 46. The Labute approximate surface area is 377 Å². The Morgan fingerprint density at radius 2 is 0.607 bits per heavy atom. The molecular formula is C55H96O6. The SMILES string of the molecule is CCCC/C=C\CCCCCCCC(=O)OCC(COC(=O)CCCCC/C=C\C=C/CCCCCCCCC)OC(=O)CCCCC/C=C\C=C/CCCCCCCCC. The molecule has 61 heavy (non-hydrogen) atoms. The van der Waals surface area contributed by atoms with Gasteiger partial charge in [0.05, 0.1) is 0 Å². The Balaban J connectivity index is 4.46. The first kappa shape index (κ1) is 58.1. The first-order valence-electron chi connectivity index (χ1n) is 25.8. The standard InChI is InChI=1S/C55H96O6/c1-4-7-10-13-16-19-22-24-26-28-30-33-36-39-42-45-48-54(57)60-51-52(50-59-53(56)47-44-41-38-35-32-21-18-15-12-9-6-3)61-55(58)49-46-43-40-37-34-31-29-27-25-23-20-17-14-11-8-5-2/h15,18,26-31,33-34,52H,4-14,16-17,19-25,32,35-51H2,1-3H3/b18-15-,28-26-,29-27-,33-30-,34-31-. The van der Waals surface area contributed by atoms with Crippen molar-refractivity contribution in [3.05, 3.63) is 60.8 Å². The van der Waals surface area contributed by atoms with Gasteiger partial charge in [-0.1, -0.05) is 204 Å². The molecule has 0 aliphatic carbocycles. The summed E-state index contributed by atoms with van der Waals surface area (Å²) < 4.78 is 16.7. The number of hydrogen-bond donors (Lipinski definition) is 0. The Bertz CT molecular complexity index is 1120. The van der Waals surface area contributed by atoms with Gasteiger partial charge in [0.1, 0.15) is 13.2 Å². The second-order valence-corrected chi connectivity index (χ2v) is 17.1. The monoisotopic (exact) mass is 853 g/mol. The van der Waals surface area contributed by atoms with Gasteiger partial charge in [0.15, 0.2) is 6.10 Å². The molecule has 0 aliphatic heterocycles. The van der Waals surface area contributed by atoms with E-state index in [0.29, 0.717) is 19.3 Å². The van der Waals surface area contributed by atoms with E-state index < -0.39 is 6.10 Å². The number of hydrogen-bond acceptors (Lipinski definition) is 6. The van der Waals surface area contributed by atoms with Crippen molar-refractivity contribution < 1.29 is 28.6 Å². The van der Waals surface area contributed by atoms with E-state index in [2.05, 4.69) is 81.5 Å². The summed E-state index contributed by atoms with van der Waals surface area (Å²) in [6.45, 7) is 6.54. The summed E-state index contributed by atoms with van der Waals surface area (Å²) in [6, 6.07) is 0. The van der Waals surface area contributed by atoms with Crippen LogP contribution in [0.5, 0.6) is 0 Å². The van der Waals surface area contributed by atoms with Gasteiger partial charge in [0.2, 0.25) is 0 Å². The van der Waals surface area contributed by atoms with E-state index >= 15 is 0 Å². The number of carbonyl (C=O) groups excluding carboxylic acids is 3. The Hall–Kier alpha value is -2.89. The third-order valence-electron chi connectivity index (χ3n) is 11.0. The normalized spacial score (nSPS) is 12.5. The van der Waals surface area contributed by atoms with E-state index in [1.807, 2.05) is 0 Å². The lowest BCUT2D eigenvalue weighted by molar-refractivity contribution is -0.167. The second-order valence-electron chi connectivity index (χ2n) is 17.1. The molecule has 0 aromatic rings. The molecule has 0 aliphatic rings. The van der Waals surface area contributed by atoms with E-state index in [9.17, 15) is 14.4 Å². The fourth-order valence-electron chi connectivity index (χ4n) is 7.05. The minimum Gasteiger partial charge on any atom is -0.462 e. The Kier molecular flexibility index (Phi) is 47.4. The van der Waals surface area contributed by atoms with Crippen LogP contribution >= 0.6 is 0 Å². The van der Waals surface area contributed by atoms with Crippen LogP contribution in [0.1, 0.15) is 252 Å². The van der Waals surface area contributed by atoms with E-state index in [4.69, 9.17) is 14.2 Å². The van der Waals surface area contributed by atoms with Crippen molar-refractivity contribution in [2.75, 3.05) is 13.2 Å². The molecule has 6 nitrogen and oxygen atoms in total. The lowest BCUT2D eigenvalue weighted by Crippen LogP contribution is -2.30. The van der Waals surface area contributed by atoms with Crippen LogP contribution in [0.3, 0.4) is 0 Å². The van der Waals surface area contributed by atoms with Gasteiger partial charge in [-0.25, -0.2) is 0 Å². The van der Waals surface area contributed by atoms with Gasteiger partial charge in [-0.15, -0.1) is 0 Å². The molecule has 352 valence electrons. The zero-order valence-electron chi connectivity index (χ0n) is 40.2. The predicted molar refractivity (Wildman–Crippen MR) is 261 cm³/mol. The molecule has 0 spiro atoms. The highest BCUT2D eigenvalue weighted by Gasteiger charge is 2.19. The van der Waals surface area contributed by atoms with Crippen LogP contribution in [-0.4, -0.2) is 37.2 Å². The van der Waals surface area contributed by atoms with Gasteiger partial charge < -0.3 is 14.2 Å². The first-order chi connectivity index (χ1) is 30.0. The Morgan fingerprint density at radius 1 is 0.328 bits per heavy atom. The molecule has 1 unspecified atom stereocenters. The third-order valence-corrected chi connectivity index (χ3v) is 11.0. The fraction of sp³-hybridized carbons (Fsp3) is 0.764. The maximum Gasteiger partial charge on any atom is 0.306 e. The zero-order chi connectivity index (χ0) is 44.4. The van der Waals surface area contributed by atoms with Crippen LogP contribution in [0.4, 0.5) is 0 Å².